The fraction of sp³-hybridized carbons (Fsp3) is 0.231. The number of nitrogens with one attached hydrogen (secondary N) is 1. The smallest absolute Gasteiger partial charge is 0.331 e. The third-order valence-electron chi connectivity index (χ3n) is 2.52. The minimum absolute atomic E-state index is 0.157. The highest BCUT2D eigenvalue weighted by Crippen LogP contribution is 2.23. The molecule has 4 heteroatoms. The minimum atomic E-state index is -0.436. The first-order valence-electron chi connectivity index (χ1n) is 5.37. The van der Waals surface area contributed by atoms with E-state index >= 15 is 0 Å². The lowest BCUT2D eigenvalue weighted by Gasteiger charge is -2.22. The van der Waals surface area contributed by atoms with Crippen LogP contribution in [0.1, 0.15) is 18.5 Å². The molecule has 0 saturated heterocycles. The van der Waals surface area contributed by atoms with Crippen molar-refractivity contribution in [1.29, 1.82) is 0 Å². The fourth-order valence-corrected chi connectivity index (χ4v) is 1.80. The first-order chi connectivity index (χ1) is 8.16. The van der Waals surface area contributed by atoms with Gasteiger partial charge in [-0.1, -0.05) is 30.3 Å². The number of amides is 1. The summed E-state index contributed by atoms with van der Waals surface area (Å²) in [6, 6.07) is 9.10. The summed E-state index contributed by atoms with van der Waals surface area (Å²) in [7, 11) is 0. The monoisotopic (exact) mass is 231 g/mol. The van der Waals surface area contributed by atoms with Gasteiger partial charge in [0.1, 0.15) is 6.10 Å². The van der Waals surface area contributed by atoms with Crippen LogP contribution >= 0.6 is 0 Å². The van der Waals surface area contributed by atoms with Gasteiger partial charge >= 0.3 is 5.97 Å². The standard InChI is InChI=1S/C13H13NO3/c1-9(15)14-13(10-5-3-2-4-6-10)11-7-8-12(16)17-11/h2-8,11,13H,1H3,(H,14,15)/t11-,13+/m1/s1. The molecular weight excluding hydrogens is 218 g/mol. The van der Waals surface area contributed by atoms with Crippen LogP contribution in [0, 0.1) is 0 Å². The largest absolute Gasteiger partial charge is 0.452 e. The van der Waals surface area contributed by atoms with Crippen LogP contribution < -0.4 is 5.32 Å². The Bertz CT molecular complexity index is 453. The molecular formula is C13H13NO3. The number of hydrogen-bond donors (Lipinski definition) is 1. The fourth-order valence-electron chi connectivity index (χ4n) is 1.80. The third kappa shape index (κ3) is 2.72. The molecule has 0 bridgehead atoms. The SMILES string of the molecule is CC(=O)N[C@@H](c1ccccc1)[C@H]1C=CC(=O)O1. The molecule has 4 nitrogen and oxygen atoms in total. The highest BCUT2D eigenvalue weighted by atomic mass is 16.5. The van der Waals surface area contributed by atoms with Gasteiger partial charge in [0, 0.05) is 13.0 Å². The first kappa shape index (κ1) is 11.4. The summed E-state index contributed by atoms with van der Waals surface area (Å²) in [5, 5.41) is 2.79. The van der Waals surface area contributed by atoms with E-state index in [1.54, 1.807) is 6.08 Å². The Morgan fingerprint density at radius 1 is 1.35 bits per heavy atom. The normalized spacial score (nSPS) is 19.8. The summed E-state index contributed by atoms with van der Waals surface area (Å²) in [6.45, 7) is 1.44. The lowest BCUT2D eigenvalue weighted by molar-refractivity contribution is -0.140. The maximum Gasteiger partial charge on any atom is 0.331 e. The average Bonchev–Trinajstić information content (AvgIpc) is 2.73. The molecule has 0 radical (unpaired) electrons. The quantitative estimate of drug-likeness (QED) is 0.799. The van der Waals surface area contributed by atoms with Crippen molar-refractivity contribution in [3.05, 3.63) is 48.0 Å². The number of rotatable bonds is 3. The Balaban J connectivity index is 2.23. The number of benzene rings is 1. The molecule has 1 aromatic carbocycles. The van der Waals surface area contributed by atoms with E-state index in [-0.39, 0.29) is 17.9 Å². The topological polar surface area (TPSA) is 55.4 Å². The summed E-state index contributed by atoms with van der Waals surface area (Å²) >= 11 is 0. The molecule has 0 aliphatic carbocycles. The zero-order valence-corrected chi connectivity index (χ0v) is 9.42. The van der Waals surface area contributed by atoms with E-state index in [1.165, 1.54) is 13.0 Å². The highest BCUT2D eigenvalue weighted by Gasteiger charge is 2.28. The lowest BCUT2D eigenvalue weighted by atomic mass is 10.0. The van der Waals surface area contributed by atoms with E-state index < -0.39 is 6.10 Å². The maximum absolute atomic E-state index is 11.2. The van der Waals surface area contributed by atoms with Gasteiger partial charge in [-0.3, -0.25) is 4.79 Å². The molecule has 17 heavy (non-hydrogen) atoms. The summed E-state index contributed by atoms with van der Waals surface area (Å²) in [5.74, 6) is -0.531. The van der Waals surface area contributed by atoms with Crippen LogP contribution in [0.3, 0.4) is 0 Å². The predicted octanol–water partition coefficient (Wildman–Crippen LogP) is 1.35. The Morgan fingerprint density at radius 3 is 2.59 bits per heavy atom. The van der Waals surface area contributed by atoms with Crippen LogP contribution in [0.4, 0.5) is 0 Å². The van der Waals surface area contributed by atoms with E-state index in [2.05, 4.69) is 5.32 Å². The molecule has 1 amide bonds. The van der Waals surface area contributed by atoms with Gasteiger partial charge in [0.2, 0.25) is 5.91 Å². The predicted molar refractivity (Wildman–Crippen MR) is 62.0 cm³/mol. The summed E-state index contributed by atoms with van der Waals surface area (Å²) < 4.78 is 5.11. The van der Waals surface area contributed by atoms with Gasteiger partial charge in [0.15, 0.2) is 0 Å². The molecule has 0 unspecified atom stereocenters. The number of carbonyl (C=O) groups excluding carboxylic acids is 2. The first-order valence-corrected chi connectivity index (χ1v) is 5.37. The zero-order valence-electron chi connectivity index (χ0n) is 9.42. The minimum Gasteiger partial charge on any atom is -0.452 e. The van der Waals surface area contributed by atoms with Crippen molar-refractivity contribution in [3.63, 3.8) is 0 Å². The number of ether oxygens (including phenoxy) is 1. The highest BCUT2D eigenvalue weighted by molar-refractivity contribution is 5.84. The molecule has 0 saturated carbocycles. The van der Waals surface area contributed by atoms with Crippen LogP contribution in [-0.4, -0.2) is 18.0 Å². The molecule has 1 heterocycles. The Labute approximate surface area is 99.3 Å². The molecule has 1 aromatic rings. The second-order valence-corrected chi connectivity index (χ2v) is 3.85. The van der Waals surface area contributed by atoms with Crippen LogP contribution in [0.2, 0.25) is 0 Å². The van der Waals surface area contributed by atoms with Gasteiger partial charge in [0.05, 0.1) is 6.04 Å². The molecule has 1 aliphatic rings. The molecule has 0 fully saturated rings. The lowest BCUT2D eigenvalue weighted by Crippen LogP contribution is -2.34. The van der Waals surface area contributed by atoms with Crippen molar-refractivity contribution in [2.45, 2.75) is 19.1 Å². The van der Waals surface area contributed by atoms with E-state index in [0.717, 1.165) is 5.56 Å². The zero-order chi connectivity index (χ0) is 12.3. The Morgan fingerprint density at radius 2 is 2.06 bits per heavy atom. The van der Waals surface area contributed by atoms with Gasteiger partial charge in [-0.25, -0.2) is 4.79 Å². The van der Waals surface area contributed by atoms with Crippen LogP contribution in [0.5, 0.6) is 0 Å². The molecule has 0 spiro atoms. The van der Waals surface area contributed by atoms with Gasteiger partial charge in [0.25, 0.3) is 0 Å². The molecule has 0 aromatic heterocycles. The number of esters is 1. The van der Waals surface area contributed by atoms with Crippen LogP contribution in [0.25, 0.3) is 0 Å². The third-order valence-corrected chi connectivity index (χ3v) is 2.52. The van der Waals surface area contributed by atoms with E-state index in [4.69, 9.17) is 4.74 Å². The van der Waals surface area contributed by atoms with Gasteiger partial charge in [-0.05, 0) is 11.6 Å². The van der Waals surface area contributed by atoms with Crippen molar-refractivity contribution in [2.24, 2.45) is 0 Å². The van der Waals surface area contributed by atoms with Crippen molar-refractivity contribution in [2.75, 3.05) is 0 Å². The molecule has 2 atom stereocenters. The summed E-state index contributed by atoms with van der Waals surface area (Å²) in [4.78, 5) is 22.2. The van der Waals surface area contributed by atoms with Crippen molar-refractivity contribution in [3.8, 4) is 0 Å². The van der Waals surface area contributed by atoms with Gasteiger partial charge < -0.3 is 10.1 Å². The Kier molecular flexibility index (Phi) is 3.23. The number of carbonyl (C=O) groups is 2. The number of cyclic esters (lactones) is 1. The van der Waals surface area contributed by atoms with Gasteiger partial charge in [-0.2, -0.15) is 0 Å². The maximum atomic E-state index is 11.2. The number of hydrogen-bond acceptors (Lipinski definition) is 3. The average molecular weight is 231 g/mol. The molecule has 88 valence electrons. The van der Waals surface area contributed by atoms with Gasteiger partial charge in [-0.15, -0.1) is 0 Å². The van der Waals surface area contributed by atoms with Crippen LogP contribution in [0.15, 0.2) is 42.5 Å². The van der Waals surface area contributed by atoms with E-state index in [1.807, 2.05) is 30.3 Å². The van der Waals surface area contributed by atoms with Crippen molar-refractivity contribution < 1.29 is 14.3 Å². The van der Waals surface area contributed by atoms with Crippen molar-refractivity contribution in [1.82, 2.24) is 5.32 Å². The van der Waals surface area contributed by atoms with Crippen LogP contribution in [-0.2, 0) is 14.3 Å². The van der Waals surface area contributed by atoms with E-state index in [0.29, 0.717) is 0 Å². The second-order valence-electron chi connectivity index (χ2n) is 3.85. The summed E-state index contributed by atoms with van der Waals surface area (Å²) in [5.41, 5.74) is 0.909. The summed E-state index contributed by atoms with van der Waals surface area (Å²) in [6.07, 6.45) is 2.60. The van der Waals surface area contributed by atoms with Crippen molar-refractivity contribution >= 4 is 11.9 Å². The Hall–Kier alpha value is -2.10. The molecule has 1 N–H and O–H groups in total. The van der Waals surface area contributed by atoms with E-state index in [9.17, 15) is 9.59 Å². The second kappa shape index (κ2) is 4.82. The molecule has 2 rings (SSSR count). The molecule has 1 aliphatic heterocycles.